The number of carbonyl (C=O) groups is 2. The number of halogens is 2. The molecule has 2 aromatic rings. The topological polar surface area (TPSA) is 64.6 Å². The molecule has 0 bridgehead atoms. The van der Waals surface area contributed by atoms with Gasteiger partial charge in [-0.05, 0) is 30.2 Å². The molecule has 0 heterocycles. The van der Waals surface area contributed by atoms with Crippen LogP contribution in [0.25, 0.3) is 0 Å². The quantitative estimate of drug-likeness (QED) is 0.470. The van der Waals surface area contributed by atoms with Crippen molar-refractivity contribution in [2.24, 2.45) is 0 Å². The molecule has 1 amide bonds. The van der Waals surface area contributed by atoms with Crippen LogP contribution in [0, 0.1) is 0 Å². The van der Waals surface area contributed by atoms with E-state index >= 15 is 0 Å². The van der Waals surface area contributed by atoms with Crippen LogP contribution in [-0.2, 0) is 20.9 Å². The van der Waals surface area contributed by atoms with Gasteiger partial charge in [0.15, 0.2) is 6.61 Å². The van der Waals surface area contributed by atoms with E-state index in [1.165, 1.54) is 0 Å². The van der Waals surface area contributed by atoms with Crippen LogP contribution < -0.4 is 10.1 Å². The molecule has 7 heteroatoms. The normalized spacial score (nSPS) is 10.2. The highest BCUT2D eigenvalue weighted by Gasteiger charge is 2.08. The van der Waals surface area contributed by atoms with Gasteiger partial charge in [0.25, 0.3) is 5.91 Å². The maximum Gasteiger partial charge on any atom is 0.306 e. The van der Waals surface area contributed by atoms with E-state index < -0.39 is 5.97 Å². The molecule has 0 aliphatic rings. The van der Waals surface area contributed by atoms with Gasteiger partial charge in [-0.2, -0.15) is 0 Å². The molecule has 0 fully saturated rings. The number of carbonyl (C=O) groups excluding carboxylic acids is 2. The Balaban J connectivity index is 1.57. The number of rotatable bonds is 9. The fourth-order valence-corrected chi connectivity index (χ4v) is 2.78. The lowest BCUT2D eigenvalue weighted by Crippen LogP contribution is -2.28. The number of nitrogens with one attached hydrogen (secondary N) is 1. The zero-order valence-corrected chi connectivity index (χ0v) is 16.4. The molecule has 0 atom stereocenters. The molecule has 0 radical (unpaired) electrons. The van der Waals surface area contributed by atoms with E-state index in [4.69, 9.17) is 21.1 Å². The molecule has 2 rings (SSSR count). The predicted octanol–water partition coefficient (Wildman–Crippen LogP) is 4.12. The van der Waals surface area contributed by atoms with Crippen LogP contribution in [0.4, 0.5) is 0 Å². The lowest BCUT2D eigenvalue weighted by Gasteiger charge is -2.09. The van der Waals surface area contributed by atoms with Gasteiger partial charge in [-0.3, -0.25) is 9.59 Å². The van der Waals surface area contributed by atoms with Gasteiger partial charge < -0.3 is 14.8 Å². The van der Waals surface area contributed by atoms with E-state index in [-0.39, 0.29) is 18.9 Å². The largest absolute Gasteiger partial charge is 0.492 e. The lowest BCUT2D eigenvalue weighted by molar-refractivity contribution is -0.148. The van der Waals surface area contributed by atoms with E-state index in [0.29, 0.717) is 30.3 Å². The van der Waals surface area contributed by atoms with Gasteiger partial charge in [0.1, 0.15) is 5.75 Å². The smallest absolute Gasteiger partial charge is 0.306 e. The molecule has 138 valence electrons. The first-order valence-electron chi connectivity index (χ1n) is 8.08. The van der Waals surface area contributed by atoms with Gasteiger partial charge >= 0.3 is 5.97 Å². The van der Waals surface area contributed by atoms with Crippen molar-refractivity contribution in [1.82, 2.24) is 5.32 Å². The second-order valence-corrected chi connectivity index (χ2v) is 6.77. The van der Waals surface area contributed by atoms with Gasteiger partial charge in [0.2, 0.25) is 0 Å². The van der Waals surface area contributed by atoms with E-state index in [9.17, 15) is 9.59 Å². The van der Waals surface area contributed by atoms with Gasteiger partial charge in [0.05, 0.1) is 11.6 Å². The Morgan fingerprint density at radius 1 is 1.12 bits per heavy atom. The van der Waals surface area contributed by atoms with Gasteiger partial charge in [-0.15, -0.1) is 0 Å². The van der Waals surface area contributed by atoms with Gasteiger partial charge in [-0.25, -0.2) is 0 Å². The van der Waals surface area contributed by atoms with Gasteiger partial charge in [0, 0.05) is 17.4 Å². The zero-order chi connectivity index (χ0) is 18.8. The summed E-state index contributed by atoms with van der Waals surface area (Å²) in [5.41, 5.74) is 0.982. The maximum atomic E-state index is 11.7. The second-order valence-electron chi connectivity index (χ2n) is 5.45. The summed E-state index contributed by atoms with van der Waals surface area (Å²) < 4.78 is 11.3. The number of ether oxygens (including phenoxy) is 2. The molecule has 0 saturated carbocycles. The zero-order valence-electron chi connectivity index (χ0n) is 14.0. The Labute approximate surface area is 165 Å². The first-order valence-corrected chi connectivity index (χ1v) is 9.26. The molecule has 0 unspecified atom stereocenters. The average molecular weight is 441 g/mol. The van der Waals surface area contributed by atoms with Crippen LogP contribution in [0.3, 0.4) is 0 Å². The fourth-order valence-electron chi connectivity index (χ4n) is 2.06. The Morgan fingerprint density at radius 2 is 1.88 bits per heavy atom. The summed E-state index contributed by atoms with van der Waals surface area (Å²) in [6.45, 7) is 0.445. The van der Waals surface area contributed by atoms with Crippen molar-refractivity contribution in [1.29, 1.82) is 0 Å². The second kappa shape index (κ2) is 10.8. The Kier molecular flexibility index (Phi) is 8.44. The van der Waals surface area contributed by atoms with Crippen LogP contribution in [0.15, 0.2) is 53.0 Å². The molecule has 1 N–H and O–H groups in total. The Morgan fingerprint density at radius 3 is 2.62 bits per heavy atom. The number of amides is 1. The highest BCUT2D eigenvalue weighted by molar-refractivity contribution is 9.10. The molecule has 26 heavy (non-hydrogen) atoms. The van der Waals surface area contributed by atoms with Crippen molar-refractivity contribution < 1.29 is 19.1 Å². The summed E-state index contributed by atoms with van der Waals surface area (Å²) in [6, 6.07) is 14.8. The van der Waals surface area contributed by atoms with Crippen LogP contribution in [0.2, 0.25) is 5.02 Å². The summed E-state index contributed by atoms with van der Waals surface area (Å²) in [6.07, 6.45) is 0.636. The van der Waals surface area contributed by atoms with E-state index in [1.807, 2.05) is 36.4 Å². The SMILES string of the molecule is O=C(COC(=O)CCCOc1ccc(Br)cc1Cl)NCc1ccccc1. The predicted molar refractivity (Wildman–Crippen MR) is 103 cm³/mol. The first kappa shape index (κ1) is 20.3. The fraction of sp³-hybridized carbons (Fsp3) is 0.263. The van der Waals surface area contributed by atoms with Crippen LogP contribution in [0.1, 0.15) is 18.4 Å². The number of hydrogen-bond acceptors (Lipinski definition) is 4. The lowest BCUT2D eigenvalue weighted by atomic mass is 10.2. The molecular formula is C19H19BrClNO4. The summed E-state index contributed by atoms with van der Waals surface area (Å²) in [5.74, 6) is -0.214. The molecular weight excluding hydrogens is 422 g/mol. The summed E-state index contributed by atoms with van der Waals surface area (Å²) in [4.78, 5) is 23.3. The van der Waals surface area contributed by atoms with Crippen molar-refractivity contribution in [2.75, 3.05) is 13.2 Å². The Hall–Kier alpha value is -2.05. The van der Waals surface area contributed by atoms with Crippen LogP contribution >= 0.6 is 27.5 Å². The molecule has 0 spiro atoms. The number of benzene rings is 2. The average Bonchev–Trinajstić information content (AvgIpc) is 2.64. The molecule has 0 aliphatic carbocycles. The summed E-state index contributed by atoms with van der Waals surface area (Å²) in [7, 11) is 0. The van der Waals surface area contributed by atoms with Crippen molar-refractivity contribution in [3.63, 3.8) is 0 Å². The van der Waals surface area contributed by atoms with Crippen molar-refractivity contribution in [3.8, 4) is 5.75 Å². The minimum Gasteiger partial charge on any atom is -0.492 e. The first-order chi connectivity index (χ1) is 12.5. The highest BCUT2D eigenvalue weighted by atomic mass is 79.9. The van der Waals surface area contributed by atoms with E-state index in [2.05, 4.69) is 21.2 Å². The standard InChI is InChI=1S/C19H19BrClNO4/c20-15-8-9-17(16(21)11-15)25-10-4-7-19(24)26-13-18(23)22-12-14-5-2-1-3-6-14/h1-3,5-6,8-9,11H,4,7,10,12-13H2,(H,22,23). The van der Waals surface area contributed by atoms with Crippen LogP contribution in [0.5, 0.6) is 5.75 Å². The molecule has 0 aliphatic heterocycles. The monoisotopic (exact) mass is 439 g/mol. The van der Waals surface area contributed by atoms with E-state index in [0.717, 1.165) is 10.0 Å². The molecule has 2 aromatic carbocycles. The molecule has 5 nitrogen and oxygen atoms in total. The van der Waals surface area contributed by atoms with Crippen molar-refractivity contribution in [2.45, 2.75) is 19.4 Å². The molecule has 0 saturated heterocycles. The number of hydrogen-bond donors (Lipinski definition) is 1. The highest BCUT2D eigenvalue weighted by Crippen LogP contribution is 2.27. The minimum atomic E-state index is -0.439. The maximum absolute atomic E-state index is 11.7. The van der Waals surface area contributed by atoms with Gasteiger partial charge in [-0.1, -0.05) is 57.9 Å². The summed E-state index contributed by atoms with van der Waals surface area (Å²) >= 11 is 9.35. The minimum absolute atomic E-state index is 0.167. The third kappa shape index (κ3) is 7.45. The van der Waals surface area contributed by atoms with Crippen molar-refractivity contribution >= 4 is 39.4 Å². The third-order valence-corrected chi connectivity index (χ3v) is 4.16. The van der Waals surface area contributed by atoms with E-state index in [1.54, 1.807) is 12.1 Å². The Bertz CT molecular complexity index is 740. The molecule has 0 aromatic heterocycles. The van der Waals surface area contributed by atoms with Crippen molar-refractivity contribution in [3.05, 3.63) is 63.6 Å². The summed E-state index contributed by atoms with van der Waals surface area (Å²) in [5, 5.41) is 3.19. The van der Waals surface area contributed by atoms with Crippen LogP contribution in [-0.4, -0.2) is 25.1 Å². The number of esters is 1. The third-order valence-electron chi connectivity index (χ3n) is 3.37.